The molecule has 2 aliphatic heterocycles. The highest BCUT2D eigenvalue weighted by atomic mass is 16.3. The maximum absolute atomic E-state index is 12.8. The van der Waals surface area contributed by atoms with Gasteiger partial charge in [-0.1, -0.05) is 48.5 Å². The molecule has 0 radical (unpaired) electrons. The van der Waals surface area contributed by atoms with Gasteiger partial charge in [0, 0.05) is 30.4 Å². The average Bonchev–Trinajstić information content (AvgIpc) is 2.79. The molecule has 0 unspecified atom stereocenters. The van der Waals surface area contributed by atoms with Gasteiger partial charge in [-0.05, 0) is 43.7 Å². The van der Waals surface area contributed by atoms with Crippen LogP contribution >= 0.6 is 0 Å². The third-order valence-corrected chi connectivity index (χ3v) is 6.29. The molecule has 0 spiro atoms. The highest BCUT2D eigenvalue weighted by Gasteiger charge is 2.30. The molecule has 2 N–H and O–H groups in total. The van der Waals surface area contributed by atoms with Crippen LogP contribution in [0.3, 0.4) is 0 Å². The van der Waals surface area contributed by atoms with Crippen molar-refractivity contribution in [2.24, 2.45) is 10.9 Å². The van der Waals surface area contributed by atoms with Gasteiger partial charge in [0.15, 0.2) is 6.17 Å². The third-order valence-electron chi connectivity index (χ3n) is 6.29. The van der Waals surface area contributed by atoms with E-state index in [0.717, 1.165) is 32.4 Å². The number of phenolic OH excluding ortho intramolecular Hbond substituents is 1. The van der Waals surface area contributed by atoms with Gasteiger partial charge in [0.25, 0.3) is 5.56 Å². The number of likely N-dealkylation sites (tertiary alicyclic amines) is 1. The molecule has 1 aromatic heterocycles. The topological polar surface area (TPSA) is 82.8 Å². The zero-order valence-electron chi connectivity index (χ0n) is 18.1. The van der Waals surface area contributed by atoms with Crippen LogP contribution in [0.5, 0.6) is 5.75 Å². The van der Waals surface area contributed by atoms with Crippen LogP contribution in [0.2, 0.25) is 0 Å². The second-order valence-corrected chi connectivity index (χ2v) is 8.56. The SMILES string of the molecule is Cc1cc(=O)n2c(n1)NC(N1CCC(Cc3ccccc3)CC1)=N[C@H]2c1ccccc1O. The number of phenols is 1. The normalized spacial score (nSPS) is 18.6. The molecule has 1 saturated heterocycles. The zero-order valence-corrected chi connectivity index (χ0v) is 18.1. The van der Waals surface area contributed by atoms with E-state index in [0.29, 0.717) is 29.1 Å². The Bertz CT molecular complexity index is 1200. The van der Waals surface area contributed by atoms with Crippen LogP contribution in [-0.2, 0) is 6.42 Å². The molecular formula is C25H27N5O2. The first-order valence-electron chi connectivity index (χ1n) is 11.1. The molecule has 32 heavy (non-hydrogen) atoms. The number of piperidine rings is 1. The predicted octanol–water partition coefficient (Wildman–Crippen LogP) is 3.54. The Morgan fingerprint density at radius 2 is 1.78 bits per heavy atom. The van der Waals surface area contributed by atoms with Crippen molar-refractivity contribution in [1.82, 2.24) is 14.5 Å². The summed E-state index contributed by atoms with van der Waals surface area (Å²) in [6.07, 6.45) is 2.58. The molecule has 0 aliphatic carbocycles. The van der Waals surface area contributed by atoms with Crippen LogP contribution in [0.4, 0.5) is 5.95 Å². The molecule has 0 bridgehead atoms. The number of hydrogen-bond acceptors (Lipinski definition) is 6. The molecule has 1 fully saturated rings. The van der Waals surface area contributed by atoms with E-state index >= 15 is 0 Å². The summed E-state index contributed by atoms with van der Waals surface area (Å²) in [6.45, 7) is 3.57. The molecular weight excluding hydrogens is 402 g/mol. The lowest BCUT2D eigenvalue weighted by atomic mass is 9.90. The van der Waals surface area contributed by atoms with Crippen molar-refractivity contribution in [3.05, 3.63) is 87.8 Å². The Balaban J connectivity index is 1.41. The van der Waals surface area contributed by atoms with Gasteiger partial charge in [-0.25, -0.2) is 9.98 Å². The number of aromatic hydroxyl groups is 1. The van der Waals surface area contributed by atoms with E-state index in [1.165, 1.54) is 16.2 Å². The second kappa shape index (κ2) is 8.49. The summed E-state index contributed by atoms with van der Waals surface area (Å²) >= 11 is 0. The first-order chi connectivity index (χ1) is 15.6. The van der Waals surface area contributed by atoms with Gasteiger partial charge in [-0.3, -0.25) is 14.7 Å². The predicted molar refractivity (Wildman–Crippen MR) is 125 cm³/mol. The summed E-state index contributed by atoms with van der Waals surface area (Å²) in [6, 6.07) is 19.1. The van der Waals surface area contributed by atoms with Crippen LogP contribution in [-0.4, -0.2) is 38.6 Å². The smallest absolute Gasteiger partial charge is 0.257 e. The number of nitrogens with one attached hydrogen (secondary N) is 1. The number of rotatable bonds is 3. The number of anilines is 1. The molecule has 164 valence electrons. The molecule has 2 aromatic carbocycles. The first kappa shape index (κ1) is 20.3. The fourth-order valence-electron chi connectivity index (χ4n) is 4.61. The number of para-hydroxylation sites is 1. The first-order valence-corrected chi connectivity index (χ1v) is 11.1. The Morgan fingerprint density at radius 1 is 1.06 bits per heavy atom. The van der Waals surface area contributed by atoms with Crippen molar-refractivity contribution in [1.29, 1.82) is 0 Å². The van der Waals surface area contributed by atoms with E-state index in [4.69, 9.17) is 4.99 Å². The molecule has 1 atom stereocenters. The van der Waals surface area contributed by atoms with Crippen molar-refractivity contribution in [3.63, 3.8) is 0 Å². The minimum Gasteiger partial charge on any atom is -0.508 e. The maximum Gasteiger partial charge on any atom is 0.257 e. The van der Waals surface area contributed by atoms with Gasteiger partial charge in [0.05, 0.1) is 0 Å². The largest absolute Gasteiger partial charge is 0.508 e. The van der Waals surface area contributed by atoms with Crippen LogP contribution in [0.15, 0.2) is 70.5 Å². The molecule has 3 aromatic rings. The maximum atomic E-state index is 12.8. The fraction of sp³-hybridized carbons (Fsp3) is 0.320. The summed E-state index contributed by atoms with van der Waals surface area (Å²) in [5, 5.41) is 13.7. The number of benzene rings is 2. The van der Waals surface area contributed by atoms with Crippen molar-refractivity contribution in [3.8, 4) is 5.75 Å². The van der Waals surface area contributed by atoms with E-state index in [1.807, 2.05) is 6.07 Å². The summed E-state index contributed by atoms with van der Waals surface area (Å²) in [5.41, 5.74) is 2.41. The van der Waals surface area contributed by atoms with E-state index in [2.05, 4.69) is 45.5 Å². The molecule has 0 amide bonds. The highest BCUT2D eigenvalue weighted by Crippen LogP contribution is 2.32. The minimum absolute atomic E-state index is 0.113. The Kier molecular flexibility index (Phi) is 5.39. The number of hydrogen-bond donors (Lipinski definition) is 2. The van der Waals surface area contributed by atoms with Gasteiger partial charge in [0.1, 0.15) is 5.75 Å². The van der Waals surface area contributed by atoms with Crippen molar-refractivity contribution in [2.45, 2.75) is 32.4 Å². The number of guanidine groups is 1. The molecule has 0 saturated carbocycles. The van der Waals surface area contributed by atoms with Crippen molar-refractivity contribution >= 4 is 11.9 Å². The van der Waals surface area contributed by atoms with Gasteiger partial charge >= 0.3 is 0 Å². The van der Waals surface area contributed by atoms with Crippen LogP contribution in [0, 0.1) is 12.8 Å². The van der Waals surface area contributed by atoms with Crippen molar-refractivity contribution < 1.29 is 5.11 Å². The van der Waals surface area contributed by atoms with E-state index in [-0.39, 0.29) is 11.3 Å². The summed E-state index contributed by atoms with van der Waals surface area (Å²) in [5.74, 6) is 1.91. The van der Waals surface area contributed by atoms with Gasteiger partial charge in [-0.2, -0.15) is 0 Å². The number of aromatic nitrogens is 2. The van der Waals surface area contributed by atoms with Crippen LogP contribution in [0.1, 0.15) is 35.8 Å². The molecule has 2 aliphatic rings. The number of aliphatic imine (C=N–C) groups is 1. The third kappa shape index (κ3) is 3.98. The number of fused-ring (bicyclic) bond motifs is 1. The lowest BCUT2D eigenvalue weighted by molar-refractivity contribution is 0.262. The van der Waals surface area contributed by atoms with Crippen molar-refractivity contribution in [2.75, 3.05) is 18.4 Å². The average molecular weight is 430 g/mol. The van der Waals surface area contributed by atoms with E-state index in [9.17, 15) is 9.90 Å². The van der Waals surface area contributed by atoms with Crippen LogP contribution < -0.4 is 10.9 Å². The summed E-state index contributed by atoms with van der Waals surface area (Å²) < 4.78 is 1.51. The van der Waals surface area contributed by atoms with E-state index in [1.54, 1.807) is 25.1 Å². The van der Waals surface area contributed by atoms with Gasteiger partial charge in [-0.15, -0.1) is 0 Å². The second-order valence-electron chi connectivity index (χ2n) is 8.56. The van der Waals surface area contributed by atoms with Gasteiger partial charge < -0.3 is 10.0 Å². The Labute approximate surface area is 187 Å². The van der Waals surface area contributed by atoms with E-state index < -0.39 is 6.17 Å². The monoisotopic (exact) mass is 429 g/mol. The molecule has 3 heterocycles. The molecule has 7 heteroatoms. The fourth-order valence-corrected chi connectivity index (χ4v) is 4.61. The lowest BCUT2D eigenvalue weighted by Gasteiger charge is -2.37. The Hall–Kier alpha value is -3.61. The number of nitrogens with zero attached hydrogens (tertiary/aromatic N) is 4. The quantitative estimate of drug-likeness (QED) is 0.666. The van der Waals surface area contributed by atoms with Gasteiger partial charge in [0.2, 0.25) is 11.9 Å². The summed E-state index contributed by atoms with van der Waals surface area (Å²) in [4.78, 5) is 24.5. The standard InChI is InChI=1S/C25H27N5O2/c1-17-15-22(32)30-23(20-9-5-6-10-21(20)31)27-24(28-25(30)26-17)29-13-11-19(12-14-29)16-18-7-3-2-4-8-18/h2-10,15,19,23,31H,11-14,16H2,1H3,(H,26,27,28)/t23-/m1/s1. The lowest BCUT2D eigenvalue weighted by Crippen LogP contribution is -2.46. The zero-order chi connectivity index (χ0) is 22.1. The summed E-state index contributed by atoms with van der Waals surface area (Å²) in [7, 11) is 0. The van der Waals surface area contributed by atoms with Crippen LogP contribution in [0.25, 0.3) is 0 Å². The Morgan fingerprint density at radius 3 is 2.53 bits per heavy atom. The number of aryl methyl sites for hydroxylation is 1. The minimum atomic E-state index is -0.662. The molecule has 7 nitrogen and oxygen atoms in total. The highest BCUT2D eigenvalue weighted by molar-refractivity contribution is 5.93. The molecule has 5 rings (SSSR count).